The van der Waals surface area contributed by atoms with Crippen LogP contribution in [0, 0.1) is 6.92 Å². The van der Waals surface area contributed by atoms with Gasteiger partial charge in [-0.15, -0.1) is 5.10 Å². The Kier molecular flexibility index (Phi) is 3.13. The molecule has 0 saturated heterocycles. The van der Waals surface area contributed by atoms with Gasteiger partial charge in [0.1, 0.15) is 29.7 Å². The van der Waals surface area contributed by atoms with Gasteiger partial charge in [0.05, 0.1) is 5.69 Å². The van der Waals surface area contributed by atoms with Crippen LogP contribution in [0.25, 0.3) is 5.82 Å². The molecule has 0 spiro atoms. The number of aryl methyl sites for hydroxylation is 1. The molecule has 3 rings (SSSR count). The monoisotopic (exact) mass is 288 g/mol. The van der Waals surface area contributed by atoms with Crippen molar-refractivity contribution in [2.24, 2.45) is 0 Å². The lowest BCUT2D eigenvalue weighted by molar-refractivity contribution is 0.102. The molecule has 100 valence electrons. The number of nitrogens with zero attached hydrogens (tertiary/aromatic N) is 7. The van der Waals surface area contributed by atoms with E-state index in [4.69, 9.17) is 0 Å². The molecule has 3 aromatic heterocycles. The van der Waals surface area contributed by atoms with Crippen molar-refractivity contribution < 1.29 is 4.79 Å². The molecule has 0 saturated carbocycles. The van der Waals surface area contributed by atoms with Gasteiger partial charge in [0.25, 0.3) is 5.91 Å². The van der Waals surface area contributed by atoms with Gasteiger partial charge in [-0.1, -0.05) is 4.49 Å². The number of anilines is 1. The van der Waals surface area contributed by atoms with Crippen LogP contribution in [-0.2, 0) is 0 Å². The quantitative estimate of drug-likeness (QED) is 0.745. The first-order chi connectivity index (χ1) is 9.74. The largest absolute Gasteiger partial charge is 0.306 e. The van der Waals surface area contributed by atoms with Gasteiger partial charge in [-0.05, 0) is 18.5 Å². The van der Waals surface area contributed by atoms with Crippen LogP contribution in [0.4, 0.5) is 5.82 Å². The molecule has 0 atom stereocenters. The highest BCUT2D eigenvalue weighted by molar-refractivity contribution is 7.08. The molecule has 0 aromatic carbocycles. The Labute approximate surface area is 116 Å². The average Bonchev–Trinajstić information content (AvgIpc) is 3.09. The van der Waals surface area contributed by atoms with Crippen LogP contribution in [-0.4, -0.2) is 40.2 Å². The molecule has 0 aliphatic carbocycles. The van der Waals surface area contributed by atoms with E-state index in [1.54, 1.807) is 13.0 Å². The van der Waals surface area contributed by atoms with Crippen molar-refractivity contribution in [3.8, 4) is 5.82 Å². The molecule has 0 aliphatic rings. The van der Waals surface area contributed by atoms with Crippen LogP contribution >= 0.6 is 11.5 Å². The van der Waals surface area contributed by atoms with Crippen molar-refractivity contribution in [1.29, 1.82) is 0 Å². The summed E-state index contributed by atoms with van der Waals surface area (Å²) in [6.07, 6.45) is 4.24. The van der Waals surface area contributed by atoms with E-state index in [1.165, 1.54) is 23.7 Å². The Morgan fingerprint density at radius 1 is 1.35 bits per heavy atom. The van der Waals surface area contributed by atoms with Crippen LogP contribution in [0.15, 0.2) is 25.0 Å². The molecular weight excluding hydrogens is 280 g/mol. The maximum Gasteiger partial charge on any atom is 0.270 e. The number of hydrogen-bond donors (Lipinski definition) is 1. The molecule has 0 fully saturated rings. The molecule has 0 aliphatic heterocycles. The third kappa shape index (κ3) is 2.36. The lowest BCUT2D eigenvalue weighted by Gasteiger charge is -2.04. The minimum Gasteiger partial charge on any atom is -0.306 e. The Bertz CT molecular complexity index is 737. The third-order valence-corrected chi connectivity index (χ3v) is 3.23. The van der Waals surface area contributed by atoms with Crippen LogP contribution < -0.4 is 5.32 Å². The van der Waals surface area contributed by atoms with E-state index < -0.39 is 0 Å². The summed E-state index contributed by atoms with van der Waals surface area (Å²) in [6.45, 7) is 1.72. The summed E-state index contributed by atoms with van der Waals surface area (Å²) in [7, 11) is 0. The van der Waals surface area contributed by atoms with Crippen molar-refractivity contribution in [1.82, 2.24) is 34.3 Å². The fourth-order valence-electron chi connectivity index (χ4n) is 1.48. The van der Waals surface area contributed by atoms with Gasteiger partial charge in [-0.3, -0.25) is 4.79 Å². The molecule has 10 heteroatoms. The summed E-state index contributed by atoms with van der Waals surface area (Å²) in [6, 6.07) is 1.59. The van der Waals surface area contributed by atoms with Gasteiger partial charge < -0.3 is 5.32 Å². The molecule has 3 heterocycles. The molecule has 9 nitrogen and oxygen atoms in total. The number of nitrogens with one attached hydrogen (secondary N) is 1. The minimum absolute atomic E-state index is 0.305. The Balaban J connectivity index is 1.83. The van der Waals surface area contributed by atoms with Crippen molar-refractivity contribution in [3.05, 3.63) is 35.6 Å². The molecule has 0 bridgehead atoms. The van der Waals surface area contributed by atoms with E-state index in [-0.39, 0.29) is 5.91 Å². The number of aromatic nitrogens is 7. The van der Waals surface area contributed by atoms with Crippen LogP contribution in [0.5, 0.6) is 0 Å². The zero-order chi connectivity index (χ0) is 13.9. The topological polar surface area (TPSA) is 111 Å². The highest BCUT2D eigenvalue weighted by atomic mass is 32.1. The lowest BCUT2D eigenvalue weighted by atomic mass is 10.4. The number of amides is 1. The minimum atomic E-state index is -0.305. The molecule has 1 N–H and O–H groups in total. The first-order valence-electron chi connectivity index (χ1n) is 5.51. The molecular formula is C10H8N8OS. The zero-order valence-electron chi connectivity index (χ0n) is 10.3. The van der Waals surface area contributed by atoms with Gasteiger partial charge in [0.15, 0.2) is 5.82 Å². The Morgan fingerprint density at radius 2 is 2.25 bits per heavy atom. The first kappa shape index (κ1) is 12.3. The summed E-state index contributed by atoms with van der Waals surface area (Å²) >= 11 is 1.03. The second kappa shape index (κ2) is 5.09. The van der Waals surface area contributed by atoms with Crippen LogP contribution in [0.1, 0.15) is 15.4 Å². The molecule has 20 heavy (non-hydrogen) atoms. The van der Waals surface area contributed by atoms with Crippen molar-refractivity contribution in [3.63, 3.8) is 0 Å². The highest BCUT2D eigenvalue weighted by Gasteiger charge is 2.14. The normalized spacial score (nSPS) is 10.4. The second-order valence-corrected chi connectivity index (χ2v) is 4.50. The van der Waals surface area contributed by atoms with Crippen LogP contribution in [0.2, 0.25) is 0 Å². The number of rotatable bonds is 3. The Morgan fingerprint density at radius 3 is 2.95 bits per heavy atom. The van der Waals surface area contributed by atoms with E-state index >= 15 is 0 Å². The lowest BCUT2D eigenvalue weighted by Crippen LogP contribution is -2.13. The average molecular weight is 288 g/mol. The summed E-state index contributed by atoms with van der Waals surface area (Å²) in [5, 5.41) is 10.4. The first-order valence-corrected chi connectivity index (χ1v) is 6.29. The van der Waals surface area contributed by atoms with Gasteiger partial charge >= 0.3 is 0 Å². The molecule has 0 unspecified atom stereocenters. The van der Waals surface area contributed by atoms with E-state index in [0.717, 1.165) is 11.5 Å². The van der Waals surface area contributed by atoms with E-state index in [2.05, 4.69) is 35.0 Å². The maximum absolute atomic E-state index is 12.0. The van der Waals surface area contributed by atoms with Gasteiger partial charge in [-0.25, -0.2) is 19.6 Å². The molecule has 0 radical (unpaired) electrons. The summed E-state index contributed by atoms with van der Waals surface area (Å²) < 4.78 is 5.19. The summed E-state index contributed by atoms with van der Waals surface area (Å²) in [5.74, 6) is 0.566. The fraction of sp³-hybridized carbons (Fsp3) is 0.100. The second-order valence-electron chi connectivity index (χ2n) is 3.74. The highest BCUT2D eigenvalue weighted by Crippen LogP contribution is 2.13. The number of carbonyl (C=O) groups is 1. The smallest absolute Gasteiger partial charge is 0.270 e. The third-order valence-electron chi connectivity index (χ3n) is 2.41. The standard InChI is InChI=1S/C10H8N8OS/c1-6-9(20-17-16-6)10(19)15-7-2-8(13-4-12-7)18-5-11-3-14-18/h2-5H,1H3,(H,12,13,15,19). The molecule has 3 aromatic rings. The van der Waals surface area contributed by atoms with Crippen LogP contribution in [0.3, 0.4) is 0 Å². The predicted octanol–water partition coefficient (Wildman–Crippen LogP) is 0.470. The summed E-state index contributed by atoms with van der Waals surface area (Å²) in [5.41, 5.74) is 0.582. The molecule has 1 amide bonds. The van der Waals surface area contributed by atoms with E-state index in [1.807, 2.05) is 0 Å². The van der Waals surface area contributed by atoms with Crippen molar-refractivity contribution in [2.75, 3.05) is 5.32 Å². The van der Waals surface area contributed by atoms with Crippen molar-refractivity contribution >= 4 is 23.3 Å². The number of hydrogen-bond acceptors (Lipinski definition) is 8. The van der Waals surface area contributed by atoms with Gasteiger partial charge in [-0.2, -0.15) is 5.10 Å². The van der Waals surface area contributed by atoms with E-state index in [0.29, 0.717) is 22.2 Å². The SMILES string of the molecule is Cc1nnsc1C(=O)Nc1cc(-n2cncn2)ncn1. The van der Waals surface area contributed by atoms with Gasteiger partial charge in [0.2, 0.25) is 0 Å². The Hall–Kier alpha value is -2.75. The van der Waals surface area contributed by atoms with Gasteiger partial charge in [0, 0.05) is 6.07 Å². The predicted molar refractivity (Wildman–Crippen MR) is 69.5 cm³/mol. The fourth-order valence-corrected chi connectivity index (χ4v) is 2.03. The zero-order valence-corrected chi connectivity index (χ0v) is 11.1. The van der Waals surface area contributed by atoms with E-state index in [9.17, 15) is 4.79 Å². The number of carbonyl (C=O) groups excluding carboxylic acids is 1. The maximum atomic E-state index is 12.0. The summed E-state index contributed by atoms with van der Waals surface area (Å²) in [4.78, 5) is 24.3. The van der Waals surface area contributed by atoms with Crippen molar-refractivity contribution in [2.45, 2.75) is 6.92 Å².